The maximum Gasteiger partial charge on any atom is 0.0492 e. The molecular formula is C73H62N4. The van der Waals surface area contributed by atoms with Crippen LogP contribution >= 0.6 is 0 Å². The van der Waals surface area contributed by atoms with Crippen molar-refractivity contribution in [1.29, 1.82) is 0 Å². The van der Waals surface area contributed by atoms with Crippen LogP contribution in [0.5, 0.6) is 0 Å². The summed E-state index contributed by atoms with van der Waals surface area (Å²) in [5.74, 6) is 0. The number of pyridine rings is 2. The van der Waals surface area contributed by atoms with E-state index in [1.807, 2.05) is 24.8 Å². The van der Waals surface area contributed by atoms with E-state index in [-0.39, 0.29) is 16.2 Å². The van der Waals surface area contributed by atoms with Gasteiger partial charge >= 0.3 is 0 Å². The summed E-state index contributed by atoms with van der Waals surface area (Å²) in [6.07, 6.45) is 16.6. The third-order valence-corrected chi connectivity index (χ3v) is 16.9. The fraction of sp³-hybridized carbons (Fsp3) is 0.151. The molecule has 0 bridgehead atoms. The molecule has 374 valence electrons. The second-order valence-corrected chi connectivity index (χ2v) is 23.0. The number of benzene rings is 8. The molecule has 4 heteroatoms. The van der Waals surface area contributed by atoms with Crippen molar-refractivity contribution in [3.05, 3.63) is 274 Å². The minimum atomic E-state index is -0.179. The lowest BCUT2D eigenvalue weighted by Crippen LogP contribution is -2.16. The number of hydrogen-bond donors (Lipinski definition) is 0. The number of hydrogen-bond acceptors (Lipinski definition) is 4. The fourth-order valence-corrected chi connectivity index (χ4v) is 12.8. The third kappa shape index (κ3) is 8.13. The predicted molar refractivity (Wildman–Crippen MR) is 324 cm³/mol. The van der Waals surface area contributed by atoms with Crippen LogP contribution in [0.4, 0.5) is 34.1 Å². The lowest BCUT2D eigenvalue weighted by Gasteiger charge is -2.28. The average molecular weight is 995 g/mol. The van der Waals surface area contributed by atoms with Gasteiger partial charge in [-0.05, 0) is 187 Å². The molecule has 13 rings (SSSR count). The Morgan fingerprint density at radius 1 is 0.286 bits per heavy atom. The first kappa shape index (κ1) is 47.8. The highest BCUT2D eigenvalue weighted by Crippen LogP contribution is 2.54. The molecule has 2 heterocycles. The molecule has 0 spiro atoms. The summed E-state index contributed by atoms with van der Waals surface area (Å²) in [4.78, 5) is 13.3. The van der Waals surface area contributed by atoms with Gasteiger partial charge in [0.2, 0.25) is 0 Å². The van der Waals surface area contributed by atoms with E-state index < -0.39 is 0 Å². The van der Waals surface area contributed by atoms with Crippen molar-refractivity contribution in [2.24, 2.45) is 0 Å². The van der Waals surface area contributed by atoms with E-state index in [0.717, 1.165) is 34.1 Å². The number of rotatable bonds is 10. The average Bonchev–Trinajstić information content (AvgIpc) is 4.12. The second kappa shape index (κ2) is 18.2. The van der Waals surface area contributed by atoms with Crippen molar-refractivity contribution in [2.75, 3.05) is 9.80 Å². The molecule has 0 atom stereocenters. The minimum Gasteiger partial charge on any atom is -0.310 e. The van der Waals surface area contributed by atoms with E-state index in [0.29, 0.717) is 0 Å². The zero-order chi connectivity index (χ0) is 52.8. The van der Waals surface area contributed by atoms with Crippen LogP contribution in [0.2, 0.25) is 0 Å². The van der Waals surface area contributed by atoms with Gasteiger partial charge in [0.25, 0.3) is 0 Å². The third-order valence-electron chi connectivity index (χ3n) is 16.9. The van der Waals surface area contributed by atoms with Gasteiger partial charge in [-0.25, -0.2) is 0 Å². The molecule has 0 saturated carbocycles. The van der Waals surface area contributed by atoms with Crippen molar-refractivity contribution in [2.45, 2.75) is 71.6 Å². The van der Waals surface area contributed by atoms with Gasteiger partial charge in [0.1, 0.15) is 0 Å². The van der Waals surface area contributed by atoms with E-state index in [4.69, 9.17) is 0 Å². The van der Waals surface area contributed by atoms with Crippen LogP contribution in [0.15, 0.2) is 207 Å². The van der Waals surface area contributed by atoms with Crippen molar-refractivity contribution < 1.29 is 0 Å². The van der Waals surface area contributed by atoms with E-state index in [1.54, 1.807) is 0 Å². The lowest BCUT2D eigenvalue weighted by molar-refractivity contribution is 0.660. The van der Waals surface area contributed by atoms with Crippen LogP contribution in [-0.2, 0) is 16.2 Å². The zero-order valence-corrected chi connectivity index (χ0v) is 45.2. The number of anilines is 6. The van der Waals surface area contributed by atoms with Crippen LogP contribution in [0.1, 0.15) is 108 Å². The van der Waals surface area contributed by atoms with E-state index in [9.17, 15) is 0 Å². The molecule has 8 aromatic carbocycles. The Morgan fingerprint density at radius 3 is 0.857 bits per heavy atom. The lowest BCUT2D eigenvalue weighted by atomic mass is 9.81. The molecule has 0 N–H and O–H groups in total. The van der Waals surface area contributed by atoms with Crippen molar-refractivity contribution in [3.8, 4) is 33.4 Å². The quantitative estimate of drug-likeness (QED) is 0.128. The fourth-order valence-electron chi connectivity index (χ4n) is 12.8. The molecule has 3 aliphatic rings. The van der Waals surface area contributed by atoms with Crippen LogP contribution in [-0.4, -0.2) is 9.97 Å². The Morgan fingerprint density at radius 2 is 0.558 bits per heavy atom. The van der Waals surface area contributed by atoms with Crippen molar-refractivity contribution >= 4 is 58.4 Å². The van der Waals surface area contributed by atoms with Crippen LogP contribution in [0.3, 0.4) is 0 Å². The smallest absolute Gasteiger partial charge is 0.0492 e. The Bertz CT molecular complexity index is 3780. The molecule has 3 aliphatic carbocycles. The molecule has 0 saturated heterocycles. The van der Waals surface area contributed by atoms with Gasteiger partial charge in [-0.3, -0.25) is 9.97 Å². The van der Waals surface area contributed by atoms with E-state index in [2.05, 4.69) is 281 Å². The summed E-state index contributed by atoms with van der Waals surface area (Å²) in [5, 5.41) is 0. The van der Waals surface area contributed by atoms with Gasteiger partial charge in [-0.15, -0.1) is 0 Å². The molecule has 10 aromatic rings. The first-order chi connectivity index (χ1) is 37.2. The number of aromatic nitrogens is 2. The SMILES string of the molecule is Cc1cccc(N(c2ccncc2)c2ccc3c(c2)C(C)(C)c2cc(C=Cc4ccc5c(c4)C(C)(C)c4cc(C=Cc6ccc7c(c6)C(C)(C)c6cc(N(c8ccncc8)c8cccc(C)c8)ccc6-7)ccc4-5)ccc2-3)c1. The van der Waals surface area contributed by atoms with Gasteiger partial charge in [-0.1, -0.05) is 175 Å². The predicted octanol–water partition coefficient (Wildman–Crippen LogP) is 19.3. The highest BCUT2D eigenvalue weighted by molar-refractivity contribution is 5.90. The number of aryl methyl sites for hydroxylation is 2. The van der Waals surface area contributed by atoms with Crippen molar-refractivity contribution in [3.63, 3.8) is 0 Å². The van der Waals surface area contributed by atoms with Gasteiger partial charge in [-0.2, -0.15) is 0 Å². The summed E-state index contributed by atoms with van der Waals surface area (Å²) in [6.45, 7) is 18.5. The largest absolute Gasteiger partial charge is 0.310 e. The number of nitrogens with zero attached hydrogens (tertiary/aromatic N) is 4. The molecule has 0 fully saturated rings. The summed E-state index contributed by atoms with van der Waals surface area (Å²) >= 11 is 0. The maximum absolute atomic E-state index is 4.32. The van der Waals surface area contributed by atoms with Crippen molar-refractivity contribution in [1.82, 2.24) is 9.97 Å². The van der Waals surface area contributed by atoms with Crippen LogP contribution < -0.4 is 9.80 Å². The Hall–Kier alpha value is -8.86. The first-order valence-electron chi connectivity index (χ1n) is 27.0. The van der Waals surface area contributed by atoms with Gasteiger partial charge in [0.05, 0.1) is 0 Å². The molecule has 0 aliphatic heterocycles. The second-order valence-electron chi connectivity index (χ2n) is 23.0. The van der Waals surface area contributed by atoms with Crippen LogP contribution in [0, 0.1) is 13.8 Å². The maximum atomic E-state index is 4.32. The Balaban J connectivity index is 0.732. The van der Waals surface area contributed by atoms with Crippen LogP contribution in [0.25, 0.3) is 57.7 Å². The Kier molecular flexibility index (Phi) is 11.3. The highest BCUT2D eigenvalue weighted by atomic mass is 15.1. The Labute approximate surface area is 454 Å². The molecule has 2 aromatic heterocycles. The van der Waals surface area contributed by atoms with Gasteiger partial charge in [0, 0.05) is 75.2 Å². The first-order valence-corrected chi connectivity index (χ1v) is 27.0. The normalized spacial score (nSPS) is 14.7. The summed E-state index contributed by atoms with van der Waals surface area (Å²) in [6, 6.07) is 67.8. The van der Waals surface area contributed by atoms with Gasteiger partial charge < -0.3 is 9.80 Å². The monoisotopic (exact) mass is 994 g/mol. The van der Waals surface area contributed by atoms with E-state index >= 15 is 0 Å². The molecule has 77 heavy (non-hydrogen) atoms. The summed E-state index contributed by atoms with van der Waals surface area (Å²) < 4.78 is 0. The minimum absolute atomic E-state index is 0.151. The number of fused-ring (bicyclic) bond motifs is 9. The molecule has 0 unspecified atom stereocenters. The van der Waals surface area contributed by atoms with E-state index in [1.165, 1.54) is 100 Å². The standard InChI is InChI=1S/C73H62N4/c1-47-11-9-13-55(39-47)76(53-31-35-74-36-32-53)57-23-29-63-61-27-21-51(43-67(61)72(5,6)69(63)45-57)17-15-49-19-25-59-60-26-20-50(42-66(60)71(3,4)65(59)41-49)16-18-52-22-28-62-64-30-24-58(46-70(64)73(7,8)68(62)44-52)77(54-33-37-75-38-34-54)56-14-10-12-48(2)40-56/h9-46H,1-8H3. The topological polar surface area (TPSA) is 32.3 Å². The molecule has 0 amide bonds. The molecule has 0 radical (unpaired) electrons. The molecular weight excluding hydrogens is 933 g/mol. The highest BCUT2D eigenvalue weighted by Gasteiger charge is 2.39. The summed E-state index contributed by atoms with van der Waals surface area (Å²) in [7, 11) is 0. The zero-order valence-electron chi connectivity index (χ0n) is 45.2. The summed E-state index contributed by atoms with van der Waals surface area (Å²) in [5.41, 5.74) is 29.5. The van der Waals surface area contributed by atoms with Gasteiger partial charge in [0.15, 0.2) is 0 Å². The molecule has 4 nitrogen and oxygen atoms in total.